The highest BCUT2D eigenvalue weighted by Gasteiger charge is 2.20. The summed E-state index contributed by atoms with van der Waals surface area (Å²) in [6.07, 6.45) is 6.65. The Kier molecular flexibility index (Phi) is 4.06. The number of carbonyl (C=O) groups excluding carboxylic acids is 1. The second-order valence-corrected chi connectivity index (χ2v) is 6.89. The zero-order valence-electron chi connectivity index (χ0n) is 15.5. The maximum absolute atomic E-state index is 14.0. The van der Waals surface area contributed by atoms with Crippen LogP contribution in [-0.2, 0) is 6.54 Å². The van der Waals surface area contributed by atoms with E-state index in [1.165, 1.54) is 10.8 Å². The number of fused-ring (bicyclic) bond motifs is 2. The van der Waals surface area contributed by atoms with Gasteiger partial charge in [-0.25, -0.2) is 13.8 Å². The summed E-state index contributed by atoms with van der Waals surface area (Å²) in [5, 5.41) is 0.375. The number of benzene rings is 1. The van der Waals surface area contributed by atoms with E-state index >= 15 is 0 Å². The maximum Gasteiger partial charge on any atom is 0.275 e. The molecule has 0 saturated carbocycles. The number of hydrogen-bond acceptors (Lipinski definition) is 3. The molecule has 6 nitrogen and oxygen atoms in total. The van der Waals surface area contributed by atoms with Gasteiger partial charge in [-0.05, 0) is 30.3 Å². The molecule has 0 aliphatic carbocycles. The van der Waals surface area contributed by atoms with Crippen LogP contribution in [0.2, 0.25) is 0 Å². The van der Waals surface area contributed by atoms with E-state index in [-0.39, 0.29) is 28.7 Å². The molecule has 4 aromatic heterocycles. The molecular weight excluding hydrogens is 390 g/mol. The van der Waals surface area contributed by atoms with E-state index in [1.807, 2.05) is 35.0 Å². The van der Waals surface area contributed by atoms with Gasteiger partial charge in [0.05, 0.1) is 17.8 Å². The molecular formula is C22H14F2N4O2. The molecule has 0 aliphatic rings. The highest BCUT2D eigenvalue weighted by atomic mass is 19.1. The molecule has 1 aromatic carbocycles. The van der Waals surface area contributed by atoms with Crippen LogP contribution in [0.25, 0.3) is 16.6 Å². The summed E-state index contributed by atoms with van der Waals surface area (Å²) in [7, 11) is 0. The lowest BCUT2D eigenvalue weighted by Gasteiger charge is -2.05. The molecule has 0 amide bonds. The number of imidazole rings is 1. The van der Waals surface area contributed by atoms with Gasteiger partial charge in [0.25, 0.3) is 5.56 Å². The second-order valence-electron chi connectivity index (χ2n) is 6.89. The van der Waals surface area contributed by atoms with Crippen LogP contribution in [-0.4, -0.2) is 24.7 Å². The summed E-state index contributed by atoms with van der Waals surface area (Å²) in [5.74, 6) is -2.34. The molecule has 148 valence electrons. The molecule has 0 saturated heterocycles. The summed E-state index contributed by atoms with van der Waals surface area (Å²) in [4.78, 5) is 32.9. The molecule has 0 spiro atoms. The summed E-state index contributed by atoms with van der Waals surface area (Å²) in [5.41, 5.74) is 1.27. The standard InChI is InChI=1S/C22H14F2N4O2/c23-13-4-5-16(18(24)9-13)21(29)17-10-25-20-15(17)6-8-28(22(20)30)12-14-11-27-7-2-1-3-19(27)26-14/h1-11,25H,12H2. The number of halogens is 2. The molecule has 5 rings (SSSR count). The molecule has 0 atom stereocenters. The molecule has 0 aliphatic heterocycles. The number of nitrogens with zero attached hydrogens (tertiary/aromatic N) is 3. The summed E-state index contributed by atoms with van der Waals surface area (Å²) < 4.78 is 30.5. The molecule has 0 radical (unpaired) electrons. The molecule has 0 unspecified atom stereocenters. The number of H-pyrrole nitrogens is 1. The maximum atomic E-state index is 14.0. The fourth-order valence-corrected chi connectivity index (χ4v) is 3.53. The number of nitrogens with one attached hydrogen (secondary N) is 1. The van der Waals surface area contributed by atoms with Crippen LogP contribution >= 0.6 is 0 Å². The Hall–Kier alpha value is -4.07. The van der Waals surface area contributed by atoms with Crippen LogP contribution in [0.5, 0.6) is 0 Å². The monoisotopic (exact) mass is 404 g/mol. The fraction of sp³-hybridized carbons (Fsp3) is 0.0455. The van der Waals surface area contributed by atoms with Gasteiger partial charge in [0.15, 0.2) is 5.78 Å². The van der Waals surface area contributed by atoms with E-state index in [0.717, 1.165) is 17.8 Å². The normalized spacial score (nSPS) is 11.4. The molecule has 8 heteroatoms. The first-order valence-electron chi connectivity index (χ1n) is 9.14. The van der Waals surface area contributed by atoms with E-state index in [4.69, 9.17) is 0 Å². The van der Waals surface area contributed by atoms with Crippen molar-refractivity contribution in [1.29, 1.82) is 0 Å². The Morgan fingerprint density at radius 3 is 2.73 bits per heavy atom. The summed E-state index contributed by atoms with van der Waals surface area (Å²) in [6, 6.07) is 10.0. The van der Waals surface area contributed by atoms with Gasteiger partial charge in [-0.2, -0.15) is 0 Å². The number of hydrogen-bond donors (Lipinski definition) is 1. The van der Waals surface area contributed by atoms with Crippen molar-refractivity contribution < 1.29 is 13.6 Å². The quantitative estimate of drug-likeness (QED) is 0.466. The highest BCUT2D eigenvalue weighted by Crippen LogP contribution is 2.21. The molecule has 0 fully saturated rings. The van der Waals surface area contributed by atoms with Crippen molar-refractivity contribution in [1.82, 2.24) is 18.9 Å². The molecule has 4 heterocycles. The zero-order chi connectivity index (χ0) is 20.8. The van der Waals surface area contributed by atoms with Gasteiger partial charge >= 0.3 is 0 Å². The van der Waals surface area contributed by atoms with Crippen molar-refractivity contribution in [2.75, 3.05) is 0 Å². The minimum absolute atomic E-state index is 0.146. The third-order valence-corrected chi connectivity index (χ3v) is 4.98. The van der Waals surface area contributed by atoms with E-state index in [0.29, 0.717) is 17.1 Å². The molecule has 30 heavy (non-hydrogen) atoms. The fourth-order valence-electron chi connectivity index (χ4n) is 3.53. The minimum atomic E-state index is -0.949. The van der Waals surface area contributed by atoms with Gasteiger partial charge in [-0.15, -0.1) is 0 Å². The Bertz CT molecular complexity index is 1460. The first-order valence-corrected chi connectivity index (χ1v) is 9.14. The van der Waals surface area contributed by atoms with Gasteiger partial charge in [-0.3, -0.25) is 9.59 Å². The van der Waals surface area contributed by atoms with Crippen LogP contribution in [0.1, 0.15) is 21.6 Å². The average molecular weight is 404 g/mol. The Balaban J connectivity index is 1.53. The number of ketones is 1. The Morgan fingerprint density at radius 2 is 1.93 bits per heavy atom. The zero-order valence-corrected chi connectivity index (χ0v) is 15.5. The minimum Gasteiger partial charge on any atom is -0.356 e. The van der Waals surface area contributed by atoms with Crippen molar-refractivity contribution in [2.45, 2.75) is 6.54 Å². The summed E-state index contributed by atoms with van der Waals surface area (Å²) >= 11 is 0. The lowest BCUT2D eigenvalue weighted by molar-refractivity contribution is 0.103. The van der Waals surface area contributed by atoms with Gasteiger partial charge in [0, 0.05) is 41.8 Å². The smallest absolute Gasteiger partial charge is 0.275 e. The second kappa shape index (κ2) is 6.77. The van der Waals surface area contributed by atoms with Gasteiger partial charge < -0.3 is 14.0 Å². The lowest BCUT2D eigenvalue weighted by Crippen LogP contribution is -2.20. The van der Waals surface area contributed by atoms with Crippen molar-refractivity contribution in [3.63, 3.8) is 0 Å². The van der Waals surface area contributed by atoms with Gasteiger partial charge in [0.1, 0.15) is 22.8 Å². The number of aromatic nitrogens is 4. The van der Waals surface area contributed by atoms with Crippen molar-refractivity contribution >= 4 is 22.3 Å². The van der Waals surface area contributed by atoms with Crippen LogP contribution < -0.4 is 5.56 Å². The van der Waals surface area contributed by atoms with Gasteiger partial charge in [0.2, 0.25) is 0 Å². The summed E-state index contributed by atoms with van der Waals surface area (Å²) in [6.45, 7) is 0.255. The highest BCUT2D eigenvalue weighted by molar-refractivity contribution is 6.16. The topological polar surface area (TPSA) is 72.2 Å². The predicted molar refractivity (Wildman–Crippen MR) is 107 cm³/mol. The van der Waals surface area contributed by atoms with E-state index in [9.17, 15) is 18.4 Å². The van der Waals surface area contributed by atoms with Crippen LogP contribution in [0, 0.1) is 11.6 Å². The SMILES string of the molecule is O=C(c1ccc(F)cc1F)c1c[nH]c2c(=O)n(Cc3cn4ccccc4n3)ccc12. The van der Waals surface area contributed by atoms with Crippen LogP contribution in [0.4, 0.5) is 8.78 Å². The van der Waals surface area contributed by atoms with Crippen molar-refractivity contribution in [3.05, 3.63) is 106 Å². The van der Waals surface area contributed by atoms with E-state index < -0.39 is 17.4 Å². The van der Waals surface area contributed by atoms with Crippen molar-refractivity contribution in [2.24, 2.45) is 0 Å². The van der Waals surface area contributed by atoms with Crippen LogP contribution in [0.15, 0.2) is 72.0 Å². The number of carbonyl (C=O) groups is 1. The molecule has 0 bridgehead atoms. The van der Waals surface area contributed by atoms with Crippen LogP contribution in [0.3, 0.4) is 0 Å². The third kappa shape index (κ3) is 2.89. The van der Waals surface area contributed by atoms with Crippen molar-refractivity contribution in [3.8, 4) is 0 Å². The third-order valence-electron chi connectivity index (χ3n) is 4.98. The molecule has 1 N–H and O–H groups in total. The predicted octanol–water partition coefficient (Wildman–Crippen LogP) is 3.53. The number of pyridine rings is 2. The largest absolute Gasteiger partial charge is 0.356 e. The Labute approximate surface area is 168 Å². The first kappa shape index (κ1) is 18.0. The lowest BCUT2D eigenvalue weighted by atomic mass is 10.0. The Morgan fingerprint density at radius 1 is 1.07 bits per heavy atom. The van der Waals surface area contributed by atoms with Gasteiger partial charge in [-0.1, -0.05) is 6.07 Å². The average Bonchev–Trinajstić information content (AvgIpc) is 3.33. The first-order chi connectivity index (χ1) is 14.5. The van der Waals surface area contributed by atoms with E-state index in [2.05, 4.69) is 9.97 Å². The molecule has 5 aromatic rings. The number of rotatable bonds is 4. The van der Waals surface area contributed by atoms with E-state index in [1.54, 1.807) is 12.3 Å². The number of aromatic amines is 1.